The number of rotatable bonds is 10. The van der Waals surface area contributed by atoms with Crippen LogP contribution in [-0.4, -0.2) is 79.3 Å². The summed E-state index contributed by atoms with van der Waals surface area (Å²) in [4.78, 5) is 16.1. The first-order valence-corrected chi connectivity index (χ1v) is 10.1. The predicted octanol–water partition coefficient (Wildman–Crippen LogP) is 2.33. The molecule has 1 aliphatic rings. The summed E-state index contributed by atoms with van der Waals surface area (Å²) in [6, 6.07) is 16.9. The molecular formula is C23H30N2O4. The minimum atomic E-state index is -0.566. The van der Waals surface area contributed by atoms with Crippen LogP contribution < -0.4 is 9.47 Å². The highest BCUT2D eigenvalue weighted by molar-refractivity contribution is 5.94. The number of hydrogen-bond acceptors (Lipinski definition) is 6. The summed E-state index contributed by atoms with van der Waals surface area (Å²) >= 11 is 0. The van der Waals surface area contributed by atoms with Gasteiger partial charge in [-0.2, -0.15) is 0 Å². The molecule has 1 heterocycles. The molecule has 1 unspecified atom stereocenters. The summed E-state index contributed by atoms with van der Waals surface area (Å²) in [7, 11) is 0. The van der Waals surface area contributed by atoms with Gasteiger partial charge < -0.3 is 14.6 Å². The molecule has 2 aromatic carbocycles. The van der Waals surface area contributed by atoms with Crippen molar-refractivity contribution in [2.75, 3.05) is 52.5 Å². The number of piperazine rings is 1. The molecule has 29 heavy (non-hydrogen) atoms. The molecule has 0 saturated carbocycles. The second kappa shape index (κ2) is 11.0. The smallest absolute Gasteiger partial charge is 0.159 e. The van der Waals surface area contributed by atoms with Gasteiger partial charge in [-0.1, -0.05) is 30.3 Å². The highest BCUT2D eigenvalue weighted by Crippen LogP contribution is 2.14. The van der Waals surface area contributed by atoms with Gasteiger partial charge in [-0.05, 0) is 31.2 Å². The summed E-state index contributed by atoms with van der Waals surface area (Å²) in [5.74, 6) is 1.52. The molecule has 0 radical (unpaired) electrons. The van der Waals surface area contributed by atoms with Crippen molar-refractivity contribution in [2.45, 2.75) is 13.0 Å². The zero-order valence-corrected chi connectivity index (χ0v) is 17.0. The lowest BCUT2D eigenvalue weighted by Crippen LogP contribution is -2.50. The van der Waals surface area contributed by atoms with E-state index >= 15 is 0 Å². The van der Waals surface area contributed by atoms with E-state index in [2.05, 4.69) is 9.80 Å². The number of hydrogen-bond donors (Lipinski definition) is 1. The molecule has 1 atom stereocenters. The van der Waals surface area contributed by atoms with Gasteiger partial charge in [-0.15, -0.1) is 0 Å². The van der Waals surface area contributed by atoms with Gasteiger partial charge in [-0.25, -0.2) is 0 Å². The number of carbonyl (C=O) groups is 1. The fourth-order valence-electron chi connectivity index (χ4n) is 3.35. The van der Waals surface area contributed by atoms with Crippen molar-refractivity contribution in [1.29, 1.82) is 0 Å². The van der Waals surface area contributed by atoms with E-state index in [1.54, 1.807) is 24.3 Å². The Bertz CT molecular complexity index is 760. The first-order chi connectivity index (χ1) is 14.1. The maximum absolute atomic E-state index is 11.4. The van der Waals surface area contributed by atoms with Crippen molar-refractivity contribution in [2.24, 2.45) is 0 Å². The molecule has 0 spiro atoms. The number of nitrogens with zero attached hydrogens (tertiary/aromatic N) is 2. The van der Waals surface area contributed by atoms with Crippen molar-refractivity contribution < 1.29 is 19.4 Å². The molecule has 0 amide bonds. The standard InChI is InChI=1S/C23H30N2O4/c1-19(26)20-6-5-9-23(16-20)29-18-21(27)17-25-12-10-24(11-13-25)14-15-28-22-7-3-2-4-8-22/h2-9,16,21,27H,10-15,17-18H2,1H3. The van der Waals surface area contributed by atoms with Gasteiger partial charge in [0.15, 0.2) is 5.78 Å². The van der Waals surface area contributed by atoms with Crippen LogP contribution in [0.4, 0.5) is 0 Å². The quantitative estimate of drug-likeness (QED) is 0.620. The second-order valence-electron chi connectivity index (χ2n) is 7.35. The van der Waals surface area contributed by atoms with Crippen molar-refractivity contribution in [3.63, 3.8) is 0 Å². The number of para-hydroxylation sites is 1. The van der Waals surface area contributed by atoms with Crippen molar-refractivity contribution in [1.82, 2.24) is 9.80 Å². The summed E-state index contributed by atoms with van der Waals surface area (Å²) in [5, 5.41) is 10.3. The normalized spacial score (nSPS) is 16.3. The zero-order chi connectivity index (χ0) is 20.5. The Morgan fingerprint density at radius 1 is 0.966 bits per heavy atom. The number of ketones is 1. The van der Waals surface area contributed by atoms with Gasteiger partial charge in [0, 0.05) is 44.8 Å². The molecule has 2 aromatic rings. The van der Waals surface area contributed by atoms with E-state index in [0.29, 0.717) is 24.5 Å². The van der Waals surface area contributed by atoms with Gasteiger partial charge in [0.05, 0.1) is 0 Å². The number of carbonyl (C=O) groups excluding carboxylic acids is 1. The maximum atomic E-state index is 11.4. The lowest BCUT2D eigenvalue weighted by atomic mass is 10.1. The van der Waals surface area contributed by atoms with Crippen molar-refractivity contribution in [3.05, 3.63) is 60.2 Å². The minimum Gasteiger partial charge on any atom is -0.492 e. The van der Waals surface area contributed by atoms with Crippen LogP contribution in [0.3, 0.4) is 0 Å². The van der Waals surface area contributed by atoms with Crippen LogP contribution in [0.25, 0.3) is 0 Å². The molecule has 3 rings (SSSR count). The summed E-state index contributed by atoms with van der Waals surface area (Å²) < 4.78 is 11.4. The van der Waals surface area contributed by atoms with Gasteiger partial charge >= 0.3 is 0 Å². The van der Waals surface area contributed by atoms with Crippen LogP contribution in [0, 0.1) is 0 Å². The highest BCUT2D eigenvalue weighted by Gasteiger charge is 2.19. The van der Waals surface area contributed by atoms with E-state index < -0.39 is 6.10 Å². The Morgan fingerprint density at radius 2 is 1.66 bits per heavy atom. The average Bonchev–Trinajstić information content (AvgIpc) is 2.74. The average molecular weight is 399 g/mol. The monoisotopic (exact) mass is 398 g/mol. The van der Waals surface area contributed by atoms with Crippen LogP contribution in [0.1, 0.15) is 17.3 Å². The van der Waals surface area contributed by atoms with Gasteiger partial charge in [0.2, 0.25) is 0 Å². The van der Waals surface area contributed by atoms with Gasteiger partial charge in [0.25, 0.3) is 0 Å². The third-order valence-electron chi connectivity index (χ3n) is 5.04. The lowest BCUT2D eigenvalue weighted by Gasteiger charge is -2.35. The molecule has 6 nitrogen and oxygen atoms in total. The molecule has 0 aliphatic carbocycles. The molecule has 1 aliphatic heterocycles. The zero-order valence-electron chi connectivity index (χ0n) is 17.0. The molecular weight excluding hydrogens is 368 g/mol. The fourth-order valence-corrected chi connectivity index (χ4v) is 3.35. The number of Topliss-reactive ketones (excluding diaryl/α,β-unsaturated/α-hetero) is 1. The number of aliphatic hydroxyl groups is 1. The topological polar surface area (TPSA) is 62.2 Å². The van der Waals surface area contributed by atoms with Gasteiger partial charge in [0.1, 0.15) is 30.8 Å². The van der Waals surface area contributed by atoms with E-state index in [1.165, 1.54) is 6.92 Å². The van der Waals surface area contributed by atoms with Crippen LogP contribution in [0.5, 0.6) is 11.5 Å². The Morgan fingerprint density at radius 3 is 2.38 bits per heavy atom. The van der Waals surface area contributed by atoms with Crippen LogP contribution in [0.15, 0.2) is 54.6 Å². The Kier molecular flexibility index (Phi) is 8.04. The molecule has 0 aromatic heterocycles. The first kappa shape index (κ1) is 21.3. The van der Waals surface area contributed by atoms with Crippen LogP contribution >= 0.6 is 0 Å². The Hall–Kier alpha value is -2.41. The van der Waals surface area contributed by atoms with Crippen LogP contribution in [0.2, 0.25) is 0 Å². The second-order valence-corrected chi connectivity index (χ2v) is 7.35. The molecule has 156 valence electrons. The number of aliphatic hydroxyl groups excluding tert-OH is 1. The van der Waals surface area contributed by atoms with E-state index in [-0.39, 0.29) is 12.4 Å². The van der Waals surface area contributed by atoms with Crippen molar-refractivity contribution in [3.8, 4) is 11.5 Å². The van der Waals surface area contributed by atoms with Crippen LogP contribution in [-0.2, 0) is 0 Å². The van der Waals surface area contributed by atoms with Crippen molar-refractivity contribution >= 4 is 5.78 Å². The Balaban J connectivity index is 1.31. The third-order valence-corrected chi connectivity index (χ3v) is 5.04. The summed E-state index contributed by atoms with van der Waals surface area (Å²) in [6.45, 7) is 7.68. The third kappa shape index (κ3) is 7.16. The number of ether oxygens (including phenoxy) is 2. The molecule has 1 saturated heterocycles. The van der Waals surface area contributed by atoms with Gasteiger partial charge in [-0.3, -0.25) is 14.6 Å². The predicted molar refractivity (Wildman–Crippen MR) is 113 cm³/mol. The Labute approximate surface area is 172 Å². The molecule has 6 heteroatoms. The summed E-state index contributed by atoms with van der Waals surface area (Å²) in [6.07, 6.45) is -0.566. The highest BCUT2D eigenvalue weighted by atomic mass is 16.5. The largest absolute Gasteiger partial charge is 0.492 e. The summed E-state index contributed by atoms with van der Waals surface area (Å²) in [5.41, 5.74) is 0.615. The molecule has 0 bridgehead atoms. The number of β-amino-alcohol motifs (C(OH)–C–C–N with tert-alkyl or cyclic N) is 1. The van der Waals surface area contributed by atoms with E-state index in [0.717, 1.165) is 38.5 Å². The lowest BCUT2D eigenvalue weighted by molar-refractivity contribution is 0.0436. The first-order valence-electron chi connectivity index (χ1n) is 10.1. The number of benzene rings is 2. The fraction of sp³-hybridized carbons (Fsp3) is 0.435. The SMILES string of the molecule is CC(=O)c1cccc(OCC(O)CN2CCN(CCOc3ccccc3)CC2)c1. The maximum Gasteiger partial charge on any atom is 0.159 e. The van der Waals surface area contributed by atoms with E-state index in [4.69, 9.17) is 9.47 Å². The minimum absolute atomic E-state index is 0.00281. The van der Waals surface area contributed by atoms with E-state index in [9.17, 15) is 9.90 Å². The molecule has 1 N–H and O–H groups in total. The molecule has 1 fully saturated rings. The van der Waals surface area contributed by atoms with E-state index in [1.807, 2.05) is 30.3 Å².